The van der Waals surface area contributed by atoms with E-state index in [2.05, 4.69) is 15.5 Å². The lowest BCUT2D eigenvalue weighted by molar-refractivity contribution is -0.384. The first-order valence-electron chi connectivity index (χ1n) is 12.3. The minimum Gasteiger partial charge on any atom is -0.353 e. The van der Waals surface area contributed by atoms with Gasteiger partial charge in [0.25, 0.3) is 5.69 Å². The topological polar surface area (TPSA) is 108 Å². The highest BCUT2D eigenvalue weighted by atomic mass is 35.5. The minimum absolute atomic E-state index is 0.0115. The quantitative estimate of drug-likeness (QED) is 0.178. The van der Waals surface area contributed by atoms with Gasteiger partial charge in [0.2, 0.25) is 5.91 Å². The number of nitrogens with zero attached hydrogens (tertiary/aromatic N) is 3. The van der Waals surface area contributed by atoms with Crippen LogP contribution >= 0.6 is 23.2 Å². The van der Waals surface area contributed by atoms with Gasteiger partial charge in [-0.15, -0.1) is 0 Å². The lowest BCUT2D eigenvalue weighted by Crippen LogP contribution is -2.38. The normalized spacial score (nSPS) is 14.4. The van der Waals surface area contributed by atoms with Crippen molar-refractivity contribution in [3.63, 3.8) is 0 Å². The van der Waals surface area contributed by atoms with Crippen molar-refractivity contribution in [2.75, 3.05) is 44.6 Å². The molecule has 0 spiro atoms. The van der Waals surface area contributed by atoms with Crippen LogP contribution in [-0.4, -0.2) is 65.9 Å². The monoisotopic (exact) mass is 547 g/mol. The Balaban J connectivity index is 1.28. The number of carbonyl (C=O) groups is 2. The van der Waals surface area contributed by atoms with Gasteiger partial charge in [-0.1, -0.05) is 35.7 Å². The molecule has 0 aromatic heterocycles. The van der Waals surface area contributed by atoms with E-state index in [9.17, 15) is 19.7 Å². The first kappa shape index (κ1) is 28.4. The minimum atomic E-state index is -0.469. The van der Waals surface area contributed by atoms with Gasteiger partial charge in [0.1, 0.15) is 0 Å². The third-order valence-electron chi connectivity index (χ3n) is 6.03. The predicted octanol–water partition coefficient (Wildman–Crippen LogP) is 5.44. The summed E-state index contributed by atoms with van der Waals surface area (Å²) in [5.41, 5.74) is 1.33. The van der Waals surface area contributed by atoms with E-state index in [-0.39, 0.29) is 17.6 Å². The molecule has 2 N–H and O–H groups in total. The highest BCUT2D eigenvalue weighted by Crippen LogP contribution is 2.23. The molecule has 0 unspecified atom stereocenters. The molecule has 3 amide bonds. The summed E-state index contributed by atoms with van der Waals surface area (Å²) < 4.78 is 0. The van der Waals surface area contributed by atoms with E-state index in [4.69, 9.17) is 23.2 Å². The maximum Gasteiger partial charge on any atom is 0.321 e. The average Bonchev–Trinajstić information content (AvgIpc) is 3.13. The Morgan fingerprint density at radius 1 is 0.973 bits per heavy atom. The van der Waals surface area contributed by atoms with E-state index in [1.54, 1.807) is 29.2 Å². The highest BCUT2D eigenvalue weighted by molar-refractivity contribution is 6.42. The molecule has 2 aromatic carbocycles. The van der Waals surface area contributed by atoms with Gasteiger partial charge in [-0.2, -0.15) is 0 Å². The second-order valence-corrected chi connectivity index (χ2v) is 9.59. The number of nitro groups is 1. The Morgan fingerprint density at radius 2 is 1.76 bits per heavy atom. The van der Waals surface area contributed by atoms with Crippen LogP contribution in [0, 0.1) is 10.1 Å². The summed E-state index contributed by atoms with van der Waals surface area (Å²) >= 11 is 11.9. The summed E-state index contributed by atoms with van der Waals surface area (Å²) in [4.78, 5) is 39.0. The van der Waals surface area contributed by atoms with Crippen LogP contribution in [0.4, 0.5) is 16.2 Å². The number of carbonyl (C=O) groups excluding carboxylic acids is 2. The number of nitro benzene ring substituents is 1. The fourth-order valence-corrected chi connectivity index (χ4v) is 4.27. The number of amides is 3. The van der Waals surface area contributed by atoms with E-state index in [1.807, 2.05) is 0 Å². The Morgan fingerprint density at radius 3 is 2.49 bits per heavy atom. The van der Waals surface area contributed by atoms with E-state index in [0.29, 0.717) is 35.4 Å². The number of anilines is 1. The van der Waals surface area contributed by atoms with Crippen molar-refractivity contribution in [3.05, 3.63) is 74.3 Å². The fourth-order valence-electron chi connectivity index (χ4n) is 3.96. The Labute approximate surface area is 226 Å². The smallest absolute Gasteiger partial charge is 0.321 e. The number of benzene rings is 2. The zero-order valence-corrected chi connectivity index (χ0v) is 22.0. The molecule has 1 fully saturated rings. The third-order valence-corrected chi connectivity index (χ3v) is 6.77. The molecular formula is C26H31Cl2N5O4. The number of hydrogen-bond acceptors (Lipinski definition) is 5. The maximum absolute atomic E-state index is 12.6. The molecule has 0 bridgehead atoms. The molecule has 1 heterocycles. The van der Waals surface area contributed by atoms with E-state index < -0.39 is 4.92 Å². The summed E-state index contributed by atoms with van der Waals surface area (Å²) in [5.74, 6) is -0.148. The van der Waals surface area contributed by atoms with Crippen LogP contribution in [0.1, 0.15) is 31.2 Å². The number of non-ortho nitro benzene ring substituents is 1. The van der Waals surface area contributed by atoms with Gasteiger partial charge >= 0.3 is 6.03 Å². The van der Waals surface area contributed by atoms with E-state index in [1.165, 1.54) is 30.3 Å². The van der Waals surface area contributed by atoms with Crippen molar-refractivity contribution in [2.24, 2.45) is 0 Å². The number of hydrogen-bond donors (Lipinski definition) is 2. The van der Waals surface area contributed by atoms with Crippen LogP contribution < -0.4 is 10.6 Å². The predicted molar refractivity (Wildman–Crippen MR) is 147 cm³/mol. The molecule has 1 saturated heterocycles. The molecule has 9 nitrogen and oxygen atoms in total. The van der Waals surface area contributed by atoms with Gasteiger partial charge in [-0.25, -0.2) is 4.79 Å². The highest BCUT2D eigenvalue weighted by Gasteiger charge is 2.19. The van der Waals surface area contributed by atoms with Gasteiger partial charge in [-0.3, -0.25) is 14.9 Å². The molecule has 2 aromatic rings. The molecule has 0 atom stereocenters. The van der Waals surface area contributed by atoms with Gasteiger partial charge in [0.05, 0.1) is 15.0 Å². The number of urea groups is 1. The van der Waals surface area contributed by atoms with Crippen LogP contribution in [-0.2, 0) is 4.79 Å². The molecule has 0 aliphatic carbocycles. The summed E-state index contributed by atoms with van der Waals surface area (Å²) in [7, 11) is 0. The summed E-state index contributed by atoms with van der Waals surface area (Å²) in [6.45, 7) is 4.57. The van der Waals surface area contributed by atoms with Crippen molar-refractivity contribution in [2.45, 2.75) is 25.7 Å². The lowest BCUT2D eigenvalue weighted by Gasteiger charge is -2.22. The average molecular weight is 548 g/mol. The number of halogens is 2. The van der Waals surface area contributed by atoms with Crippen molar-refractivity contribution in [3.8, 4) is 0 Å². The van der Waals surface area contributed by atoms with Gasteiger partial charge in [0, 0.05) is 50.1 Å². The zero-order valence-electron chi connectivity index (χ0n) is 20.5. The SMILES string of the molecule is O=C(/C=C/c1ccc(Cl)c(Cl)c1)NCCCCCN1CCCN(C(=O)Nc2ccc([N+](=O)[O-])cc2)CC1. The third kappa shape index (κ3) is 9.68. The van der Waals surface area contributed by atoms with Crippen LogP contribution in [0.5, 0.6) is 0 Å². The summed E-state index contributed by atoms with van der Waals surface area (Å²) in [6, 6.07) is 10.8. The van der Waals surface area contributed by atoms with Crippen molar-refractivity contribution < 1.29 is 14.5 Å². The van der Waals surface area contributed by atoms with Crippen LogP contribution in [0.2, 0.25) is 10.0 Å². The molecule has 198 valence electrons. The lowest BCUT2D eigenvalue weighted by atomic mass is 10.2. The van der Waals surface area contributed by atoms with E-state index in [0.717, 1.165) is 50.9 Å². The molecule has 0 radical (unpaired) electrons. The summed E-state index contributed by atoms with van der Waals surface area (Å²) in [5, 5.41) is 17.4. The molecule has 3 rings (SSSR count). The van der Waals surface area contributed by atoms with Gasteiger partial charge in [0.15, 0.2) is 0 Å². The van der Waals surface area contributed by atoms with Crippen molar-refractivity contribution in [1.29, 1.82) is 0 Å². The van der Waals surface area contributed by atoms with Crippen molar-refractivity contribution in [1.82, 2.24) is 15.1 Å². The van der Waals surface area contributed by atoms with Crippen molar-refractivity contribution >= 4 is 52.6 Å². The Bertz CT molecular complexity index is 1110. The molecule has 0 saturated carbocycles. The molecule has 37 heavy (non-hydrogen) atoms. The first-order valence-corrected chi connectivity index (χ1v) is 13.0. The Kier molecular flexibility index (Phi) is 11.2. The maximum atomic E-state index is 12.6. The second kappa shape index (κ2) is 14.6. The molecule has 11 heteroatoms. The van der Waals surface area contributed by atoms with E-state index >= 15 is 0 Å². The standard InChI is InChI=1S/C26H31Cl2N5O4/c27-23-11-5-20(19-24(23)28)6-12-25(34)29-13-2-1-3-14-31-15-4-16-32(18-17-31)26(35)30-21-7-9-22(10-8-21)33(36)37/h5-12,19H,1-4,13-18H2,(H,29,34)(H,30,35)/b12-6+. The largest absolute Gasteiger partial charge is 0.353 e. The van der Waals surface area contributed by atoms with Crippen LogP contribution in [0.3, 0.4) is 0 Å². The second-order valence-electron chi connectivity index (χ2n) is 8.77. The molecular weight excluding hydrogens is 517 g/mol. The number of nitrogens with one attached hydrogen (secondary N) is 2. The summed E-state index contributed by atoms with van der Waals surface area (Å²) in [6.07, 6.45) is 6.98. The Hall–Kier alpha value is -3.14. The number of rotatable bonds is 10. The van der Waals surface area contributed by atoms with Gasteiger partial charge < -0.3 is 20.4 Å². The molecule has 1 aliphatic rings. The first-order chi connectivity index (χ1) is 17.8. The fraction of sp³-hybridized carbons (Fsp3) is 0.385. The van der Waals surface area contributed by atoms with Crippen LogP contribution in [0.15, 0.2) is 48.5 Å². The van der Waals surface area contributed by atoms with Gasteiger partial charge in [-0.05, 0) is 68.3 Å². The molecule has 1 aliphatic heterocycles. The number of unbranched alkanes of at least 4 members (excludes halogenated alkanes) is 2. The zero-order chi connectivity index (χ0) is 26.6. The van der Waals surface area contributed by atoms with Crippen LogP contribution in [0.25, 0.3) is 6.08 Å².